The molecular weight excluding hydrogens is 341 g/mol. The maximum Gasteiger partial charge on any atom is 0.224 e. The van der Waals surface area contributed by atoms with Crippen LogP contribution in [0.4, 0.5) is 5.69 Å². The standard InChI is InChI=1S/C15H19N3OS.2ClH/c1-10(2)13-9-20-15(18-13)8-17-14(19)7-11-3-5-12(16)6-4-11;;/h3-6,9-10H,7-8,16H2,1-2H3,(H,17,19);2*1H. The van der Waals surface area contributed by atoms with Crippen LogP contribution in [0.3, 0.4) is 0 Å². The topological polar surface area (TPSA) is 68.0 Å². The fraction of sp³-hybridized carbons (Fsp3) is 0.333. The van der Waals surface area contributed by atoms with Crippen molar-refractivity contribution in [2.45, 2.75) is 32.7 Å². The molecular formula is C15H21Cl2N3OS. The van der Waals surface area contributed by atoms with Gasteiger partial charge in [0.25, 0.3) is 0 Å². The molecule has 2 aromatic rings. The van der Waals surface area contributed by atoms with Gasteiger partial charge in [0.2, 0.25) is 5.91 Å². The van der Waals surface area contributed by atoms with Gasteiger partial charge >= 0.3 is 0 Å². The molecule has 4 nitrogen and oxygen atoms in total. The number of hydrogen-bond acceptors (Lipinski definition) is 4. The first-order valence-electron chi connectivity index (χ1n) is 6.60. The van der Waals surface area contributed by atoms with Crippen molar-refractivity contribution in [3.05, 3.63) is 45.9 Å². The number of carbonyl (C=O) groups is 1. The summed E-state index contributed by atoms with van der Waals surface area (Å²) in [7, 11) is 0. The van der Waals surface area contributed by atoms with E-state index in [-0.39, 0.29) is 30.7 Å². The van der Waals surface area contributed by atoms with Gasteiger partial charge in [-0.1, -0.05) is 26.0 Å². The SMILES string of the molecule is CC(C)c1csc(CNC(=O)Cc2ccc(N)cc2)n1.Cl.Cl. The predicted molar refractivity (Wildman–Crippen MR) is 97.1 cm³/mol. The molecule has 0 saturated carbocycles. The Hall–Kier alpha value is -1.30. The van der Waals surface area contributed by atoms with E-state index in [1.165, 1.54) is 0 Å². The zero-order chi connectivity index (χ0) is 14.5. The zero-order valence-electron chi connectivity index (χ0n) is 12.5. The summed E-state index contributed by atoms with van der Waals surface area (Å²) in [6.07, 6.45) is 0.364. The highest BCUT2D eigenvalue weighted by Crippen LogP contribution is 2.17. The number of nitrogen functional groups attached to an aromatic ring is 1. The van der Waals surface area contributed by atoms with Gasteiger partial charge in [-0.3, -0.25) is 4.79 Å². The van der Waals surface area contributed by atoms with E-state index in [0.29, 0.717) is 24.6 Å². The van der Waals surface area contributed by atoms with E-state index in [0.717, 1.165) is 16.3 Å². The van der Waals surface area contributed by atoms with E-state index in [4.69, 9.17) is 5.73 Å². The van der Waals surface area contributed by atoms with E-state index in [1.54, 1.807) is 23.5 Å². The molecule has 1 aromatic carbocycles. The number of anilines is 1. The van der Waals surface area contributed by atoms with Gasteiger partial charge in [-0.25, -0.2) is 4.98 Å². The summed E-state index contributed by atoms with van der Waals surface area (Å²) in [6.45, 7) is 4.71. The highest BCUT2D eigenvalue weighted by Gasteiger charge is 2.07. The quantitative estimate of drug-likeness (QED) is 0.800. The molecule has 1 aromatic heterocycles. The fourth-order valence-electron chi connectivity index (χ4n) is 1.73. The molecule has 0 bridgehead atoms. The lowest BCUT2D eigenvalue weighted by Gasteiger charge is -2.04. The van der Waals surface area contributed by atoms with Gasteiger partial charge in [-0.05, 0) is 23.6 Å². The summed E-state index contributed by atoms with van der Waals surface area (Å²) in [5.74, 6) is 0.418. The Labute approximate surface area is 147 Å². The summed E-state index contributed by atoms with van der Waals surface area (Å²) in [5.41, 5.74) is 8.36. The van der Waals surface area contributed by atoms with Crippen molar-refractivity contribution < 1.29 is 4.79 Å². The Balaban J connectivity index is 0.00000220. The lowest BCUT2D eigenvalue weighted by atomic mass is 10.1. The number of nitrogens with one attached hydrogen (secondary N) is 1. The number of halogens is 2. The molecule has 0 aliphatic carbocycles. The first-order chi connectivity index (χ1) is 9.54. The van der Waals surface area contributed by atoms with Crippen LogP contribution < -0.4 is 11.1 Å². The van der Waals surface area contributed by atoms with Gasteiger partial charge < -0.3 is 11.1 Å². The number of carbonyl (C=O) groups excluding carboxylic acids is 1. The number of amides is 1. The monoisotopic (exact) mass is 361 g/mol. The number of thiazole rings is 1. The van der Waals surface area contributed by atoms with Crippen LogP contribution in [0.15, 0.2) is 29.6 Å². The van der Waals surface area contributed by atoms with Crippen LogP contribution in [0.25, 0.3) is 0 Å². The summed E-state index contributed by atoms with van der Waals surface area (Å²) < 4.78 is 0. The van der Waals surface area contributed by atoms with Crippen molar-refractivity contribution in [2.24, 2.45) is 0 Å². The molecule has 0 fully saturated rings. The molecule has 3 N–H and O–H groups in total. The number of rotatable bonds is 5. The first-order valence-corrected chi connectivity index (χ1v) is 7.48. The first kappa shape index (κ1) is 20.7. The van der Waals surface area contributed by atoms with Gasteiger partial charge in [0.1, 0.15) is 5.01 Å². The van der Waals surface area contributed by atoms with Crippen LogP contribution >= 0.6 is 36.2 Å². The Morgan fingerprint density at radius 3 is 2.45 bits per heavy atom. The molecule has 0 atom stereocenters. The van der Waals surface area contributed by atoms with Crippen LogP contribution in [0.5, 0.6) is 0 Å². The minimum absolute atomic E-state index is 0. The lowest BCUT2D eigenvalue weighted by Crippen LogP contribution is -2.24. The molecule has 0 radical (unpaired) electrons. The van der Waals surface area contributed by atoms with Crippen LogP contribution in [-0.2, 0) is 17.8 Å². The van der Waals surface area contributed by atoms with E-state index in [1.807, 2.05) is 17.5 Å². The smallest absolute Gasteiger partial charge is 0.224 e. The Bertz CT molecular complexity index is 585. The molecule has 2 rings (SSSR count). The van der Waals surface area contributed by atoms with Crippen molar-refractivity contribution in [2.75, 3.05) is 5.73 Å². The van der Waals surface area contributed by atoms with Crippen molar-refractivity contribution in [3.63, 3.8) is 0 Å². The summed E-state index contributed by atoms with van der Waals surface area (Å²) in [5, 5.41) is 5.88. The van der Waals surface area contributed by atoms with Crippen LogP contribution in [0, 0.1) is 0 Å². The van der Waals surface area contributed by atoms with Crippen LogP contribution in [0.2, 0.25) is 0 Å². The highest BCUT2D eigenvalue weighted by molar-refractivity contribution is 7.09. The van der Waals surface area contributed by atoms with E-state index < -0.39 is 0 Å². The van der Waals surface area contributed by atoms with Crippen molar-refractivity contribution >= 4 is 47.7 Å². The average molecular weight is 362 g/mol. The summed E-state index contributed by atoms with van der Waals surface area (Å²) in [4.78, 5) is 16.3. The molecule has 122 valence electrons. The van der Waals surface area contributed by atoms with E-state index >= 15 is 0 Å². The number of benzene rings is 1. The normalized spacial score (nSPS) is 9.77. The number of nitrogens with zero attached hydrogens (tertiary/aromatic N) is 1. The van der Waals surface area contributed by atoms with Crippen LogP contribution in [-0.4, -0.2) is 10.9 Å². The van der Waals surface area contributed by atoms with Gasteiger partial charge in [-0.15, -0.1) is 36.2 Å². The third kappa shape index (κ3) is 6.22. The van der Waals surface area contributed by atoms with Gasteiger partial charge in [0.05, 0.1) is 18.7 Å². The molecule has 0 aliphatic heterocycles. The minimum Gasteiger partial charge on any atom is -0.399 e. The molecule has 1 heterocycles. The second kappa shape index (κ2) is 9.66. The third-order valence-electron chi connectivity index (χ3n) is 2.94. The molecule has 0 saturated heterocycles. The predicted octanol–water partition coefficient (Wildman–Crippen LogP) is 3.55. The molecule has 0 spiro atoms. The molecule has 0 unspecified atom stereocenters. The van der Waals surface area contributed by atoms with E-state index in [9.17, 15) is 4.79 Å². The Kier molecular flexibility index (Phi) is 9.09. The fourth-order valence-corrected chi connectivity index (χ4v) is 2.62. The van der Waals surface area contributed by atoms with E-state index in [2.05, 4.69) is 24.1 Å². The Morgan fingerprint density at radius 1 is 1.27 bits per heavy atom. The molecule has 7 heteroatoms. The average Bonchev–Trinajstić information content (AvgIpc) is 2.88. The maximum absolute atomic E-state index is 11.8. The number of hydrogen-bond donors (Lipinski definition) is 2. The maximum atomic E-state index is 11.8. The lowest BCUT2D eigenvalue weighted by molar-refractivity contribution is -0.120. The second-order valence-electron chi connectivity index (χ2n) is 5.02. The second-order valence-corrected chi connectivity index (χ2v) is 5.96. The molecule has 0 aliphatic rings. The number of aromatic nitrogens is 1. The third-order valence-corrected chi connectivity index (χ3v) is 3.81. The highest BCUT2D eigenvalue weighted by atomic mass is 35.5. The molecule has 1 amide bonds. The van der Waals surface area contributed by atoms with Gasteiger partial charge in [0, 0.05) is 11.1 Å². The number of nitrogens with two attached hydrogens (primary N) is 1. The summed E-state index contributed by atoms with van der Waals surface area (Å²) in [6, 6.07) is 7.35. The minimum atomic E-state index is -0.00364. The largest absolute Gasteiger partial charge is 0.399 e. The van der Waals surface area contributed by atoms with Crippen LogP contribution in [0.1, 0.15) is 36.0 Å². The van der Waals surface area contributed by atoms with Gasteiger partial charge in [-0.2, -0.15) is 0 Å². The van der Waals surface area contributed by atoms with Crippen molar-refractivity contribution in [1.29, 1.82) is 0 Å². The van der Waals surface area contributed by atoms with Gasteiger partial charge in [0.15, 0.2) is 0 Å². The van der Waals surface area contributed by atoms with Crippen molar-refractivity contribution in [1.82, 2.24) is 10.3 Å². The van der Waals surface area contributed by atoms with Crippen molar-refractivity contribution in [3.8, 4) is 0 Å². The Morgan fingerprint density at radius 2 is 1.91 bits per heavy atom. The molecule has 22 heavy (non-hydrogen) atoms. The zero-order valence-corrected chi connectivity index (χ0v) is 15.0. The summed E-state index contributed by atoms with van der Waals surface area (Å²) >= 11 is 1.59.